The summed E-state index contributed by atoms with van der Waals surface area (Å²) in [5.41, 5.74) is 2.29. The van der Waals surface area contributed by atoms with Crippen LogP contribution in [-0.2, 0) is 4.79 Å². The number of nitrogens with one attached hydrogen (secondary N) is 1. The molecule has 0 bridgehead atoms. The van der Waals surface area contributed by atoms with Gasteiger partial charge in [-0.05, 0) is 55.8 Å². The van der Waals surface area contributed by atoms with Gasteiger partial charge in [-0.1, -0.05) is 12.1 Å². The monoisotopic (exact) mass is 421 g/mol. The fourth-order valence-electron chi connectivity index (χ4n) is 2.80. The molecule has 162 valence electrons. The first-order valence-electron chi connectivity index (χ1n) is 9.89. The van der Waals surface area contributed by atoms with E-state index in [1.807, 2.05) is 75.3 Å². The summed E-state index contributed by atoms with van der Waals surface area (Å²) in [6.45, 7) is 3.91. The van der Waals surface area contributed by atoms with Crippen LogP contribution < -0.4 is 19.7 Å². The Balaban J connectivity index is 1.68. The van der Waals surface area contributed by atoms with E-state index in [9.17, 15) is 4.79 Å². The fourth-order valence-corrected chi connectivity index (χ4v) is 2.80. The van der Waals surface area contributed by atoms with E-state index < -0.39 is 0 Å². The van der Waals surface area contributed by atoms with Crippen LogP contribution in [-0.4, -0.2) is 48.0 Å². The molecule has 8 nitrogen and oxygen atoms in total. The predicted molar refractivity (Wildman–Crippen MR) is 122 cm³/mol. The minimum Gasteiger partial charge on any atom is -0.493 e. The van der Waals surface area contributed by atoms with E-state index in [4.69, 9.17) is 9.47 Å². The summed E-state index contributed by atoms with van der Waals surface area (Å²) in [6, 6.07) is 12.9. The highest BCUT2D eigenvalue weighted by Crippen LogP contribution is 2.29. The Hall–Kier alpha value is -3.81. The van der Waals surface area contributed by atoms with Crippen molar-refractivity contribution in [2.75, 3.05) is 31.4 Å². The standard InChI is InChI=1S/C23H27N5O3/c1-16(2)31-20-11-9-17(13-21(20)30-5)10-12-22(29)25-18-7-6-8-19(14-18)28-15-24-23(26-28)27(3)4/h6-16H,1-5H3,(H,25,29). The number of aromatic nitrogens is 3. The van der Waals surface area contributed by atoms with E-state index in [1.165, 1.54) is 6.08 Å². The maximum absolute atomic E-state index is 12.4. The van der Waals surface area contributed by atoms with Gasteiger partial charge in [-0.2, -0.15) is 4.98 Å². The number of hydrogen-bond donors (Lipinski definition) is 1. The average Bonchev–Trinajstić information content (AvgIpc) is 3.23. The molecule has 0 atom stereocenters. The molecule has 3 rings (SSSR count). The largest absolute Gasteiger partial charge is 0.493 e. The molecule has 1 heterocycles. The van der Waals surface area contributed by atoms with Crippen molar-refractivity contribution < 1.29 is 14.3 Å². The number of rotatable bonds is 8. The average molecular weight is 422 g/mol. The molecule has 0 aliphatic heterocycles. The van der Waals surface area contributed by atoms with Gasteiger partial charge in [0, 0.05) is 25.9 Å². The van der Waals surface area contributed by atoms with Crippen molar-refractivity contribution in [1.82, 2.24) is 14.8 Å². The quantitative estimate of drug-likeness (QED) is 0.558. The molecule has 1 N–H and O–H groups in total. The second-order valence-corrected chi connectivity index (χ2v) is 7.33. The molecule has 1 amide bonds. The lowest BCUT2D eigenvalue weighted by Gasteiger charge is -2.13. The number of carbonyl (C=O) groups is 1. The topological polar surface area (TPSA) is 81.5 Å². The molecule has 0 fully saturated rings. The van der Waals surface area contributed by atoms with E-state index in [-0.39, 0.29) is 12.0 Å². The minimum atomic E-state index is -0.244. The summed E-state index contributed by atoms with van der Waals surface area (Å²) in [4.78, 5) is 18.5. The molecule has 1 aromatic heterocycles. The summed E-state index contributed by atoms with van der Waals surface area (Å²) >= 11 is 0. The second kappa shape index (κ2) is 9.80. The summed E-state index contributed by atoms with van der Waals surface area (Å²) < 4.78 is 12.8. The number of hydrogen-bond acceptors (Lipinski definition) is 6. The highest BCUT2D eigenvalue weighted by Gasteiger charge is 2.08. The number of carbonyl (C=O) groups excluding carboxylic acids is 1. The maximum atomic E-state index is 12.4. The van der Waals surface area contributed by atoms with Crippen LogP contribution in [0.3, 0.4) is 0 Å². The molecule has 0 saturated heterocycles. The van der Waals surface area contributed by atoms with Crippen molar-refractivity contribution in [1.29, 1.82) is 0 Å². The van der Waals surface area contributed by atoms with Gasteiger partial charge in [-0.15, -0.1) is 5.10 Å². The van der Waals surface area contributed by atoms with Crippen LogP contribution >= 0.6 is 0 Å². The number of amides is 1. The van der Waals surface area contributed by atoms with Crippen molar-refractivity contribution in [3.8, 4) is 17.2 Å². The Morgan fingerprint density at radius 3 is 2.65 bits per heavy atom. The molecule has 0 unspecified atom stereocenters. The summed E-state index contributed by atoms with van der Waals surface area (Å²) in [7, 11) is 5.35. The Morgan fingerprint density at radius 1 is 1.16 bits per heavy atom. The Morgan fingerprint density at radius 2 is 1.97 bits per heavy atom. The van der Waals surface area contributed by atoms with Gasteiger partial charge in [0.2, 0.25) is 11.9 Å². The normalized spacial score (nSPS) is 11.0. The van der Waals surface area contributed by atoms with Gasteiger partial charge < -0.3 is 19.7 Å². The van der Waals surface area contributed by atoms with E-state index >= 15 is 0 Å². The third-order valence-corrected chi connectivity index (χ3v) is 4.24. The van der Waals surface area contributed by atoms with Crippen molar-refractivity contribution in [3.05, 3.63) is 60.4 Å². The van der Waals surface area contributed by atoms with Gasteiger partial charge in [-0.3, -0.25) is 4.79 Å². The number of methoxy groups -OCH3 is 1. The molecule has 0 aliphatic rings. The molecule has 0 spiro atoms. The molecule has 3 aromatic rings. The molecular weight excluding hydrogens is 394 g/mol. The first-order valence-corrected chi connectivity index (χ1v) is 9.89. The smallest absolute Gasteiger partial charge is 0.248 e. The Kier molecular flexibility index (Phi) is 6.92. The Bertz CT molecular complexity index is 1070. The lowest BCUT2D eigenvalue weighted by molar-refractivity contribution is -0.111. The lowest BCUT2D eigenvalue weighted by atomic mass is 10.2. The number of ether oxygens (including phenoxy) is 2. The molecule has 2 aromatic carbocycles. The molecule has 0 aliphatic carbocycles. The van der Waals surface area contributed by atoms with Crippen LogP contribution in [0.2, 0.25) is 0 Å². The first kappa shape index (κ1) is 21.9. The molecular formula is C23H27N5O3. The van der Waals surface area contributed by atoms with Crippen LogP contribution in [0.5, 0.6) is 11.5 Å². The van der Waals surface area contributed by atoms with E-state index in [1.54, 1.807) is 24.2 Å². The maximum Gasteiger partial charge on any atom is 0.248 e. The predicted octanol–water partition coefficient (Wildman–Crippen LogP) is 3.78. The molecule has 8 heteroatoms. The summed E-state index contributed by atoms with van der Waals surface area (Å²) in [5, 5.41) is 7.26. The highest BCUT2D eigenvalue weighted by atomic mass is 16.5. The van der Waals surface area contributed by atoms with E-state index in [0.29, 0.717) is 23.1 Å². The third-order valence-electron chi connectivity index (χ3n) is 4.24. The summed E-state index contributed by atoms with van der Waals surface area (Å²) in [5.74, 6) is 1.65. The van der Waals surface area contributed by atoms with Crippen LogP contribution in [0.4, 0.5) is 11.6 Å². The van der Waals surface area contributed by atoms with Crippen molar-refractivity contribution in [2.45, 2.75) is 20.0 Å². The molecule has 31 heavy (non-hydrogen) atoms. The van der Waals surface area contributed by atoms with Gasteiger partial charge in [0.25, 0.3) is 0 Å². The van der Waals surface area contributed by atoms with Crippen LogP contribution in [0, 0.1) is 0 Å². The second-order valence-electron chi connectivity index (χ2n) is 7.33. The SMILES string of the molecule is COc1cc(C=CC(=O)Nc2cccc(-n3cnc(N(C)C)n3)c2)ccc1OC(C)C. The zero-order valence-electron chi connectivity index (χ0n) is 18.4. The number of benzene rings is 2. The minimum absolute atomic E-state index is 0.0452. The van der Waals surface area contributed by atoms with Gasteiger partial charge in [0.15, 0.2) is 11.5 Å². The van der Waals surface area contributed by atoms with Gasteiger partial charge >= 0.3 is 0 Å². The lowest BCUT2D eigenvalue weighted by Crippen LogP contribution is -2.11. The Labute approximate surface area is 182 Å². The van der Waals surface area contributed by atoms with Crippen LogP contribution in [0.1, 0.15) is 19.4 Å². The van der Waals surface area contributed by atoms with Gasteiger partial charge in [0.1, 0.15) is 6.33 Å². The number of anilines is 2. The fraction of sp³-hybridized carbons (Fsp3) is 0.261. The van der Waals surface area contributed by atoms with Crippen LogP contribution in [0.15, 0.2) is 54.9 Å². The van der Waals surface area contributed by atoms with Crippen molar-refractivity contribution >= 4 is 23.6 Å². The number of nitrogens with zero attached hydrogens (tertiary/aromatic N) is 4. The highest BCUT2D eigenvalue weighted by molar-refractivity contribution is 6.02. The summed E-state index contributed by atoms with van der Waals surface area (Å²) in [6.07, 6.45) is 4.88. The first-order chi connectivity index (χ1) is 14.9. The zero-order chi connectivity index (χ0) is 22.4. The molecule has 0 radical (unpaired) electrons. The van der Waals surface area contributed by atoms with Gasteiger partial charge in [0.05, 0.1) is 18.9 Å². The van der Waals surface area contributed by atoms with E-state index in [0.717, 1.165) is 11.3 Å². The van der Waals surface area contributed by atoms with E-state index in [2.05, 4.69) is 15.4 Å². The third kappa shape index (κ3) is 5.85. The zero-order valence-corrected chi connectivity index (χ0v) is 18.4. The van der Waals surface area contributed by atoms with Crippen LogP contribution in [0.25, 0.3) is 11.8 Å². The van der Waals surface area contributed by atoms with Crippen molar-refractivity contribution in [3.63, 3.8) is 0 Å². The van der Waals surface area contributed by atoms with Crippen molar-refractivity contribution in [2.24, 2.45) is 0 Å². The van der Waals surface area contributed by atoms with Gasteiger partial charge in [-0.25, -0.2) is 4.68 Å². The molecule has 0 saturated carbocycles.